The molecule has 0 spiro atoms. The summed E-state index contributed by atoms with van der Waals surface area (Å²) in [7, 11) is 0. The second-order valence-corrected chi connectivity index (χ2v) is 4.92. The van der Waals surface area contributed by atoms with Gasteiger partial charge >= 0.3 is 0 Å². The summed E-state index contributed by atoms with van der Waals surface area (Å²) >= 11 is 6.13. The molecule has 3 nitrogen and oxygen atoms in total. The van der Waals surface area contributed by atoms with Crippen LogP contribution in [0.25, 0.3) is 10.8 Å². The van der Waals surface area contributed by atoms with Gasteiger partial charge in [-0.2, -0.15) is 0 Å². The van der Waals surface area contributed by atoms with Crippen molar-refractivity contribution in [3.63, 3.8) is 0 Å². The lowest BCUT2D eigenvalue weighted by atomic mass is 10.1. The zero-order chi connectivity index (χ0) is 13.9. The van der Waals surface area contributed by atoms with Crippen molar-refractivity contribution in [1.29, 1.82) is 0 Å². The molecule has 4 heteroatoms. The van der Waals surface area contributed by atoms with Crippen molar-refractivity contribution >= 4 is 28.2 Å². The summed E-state index contributed by atoms with van der Waals surface area (Å²) in [5.74, 6) is 0.963. The van der Waals surface area contributed by atoms with Crippen LogP contribution in [0.3, 0.4) is 0 Å². The lowest BCUT2D eigenvalue weighted by molar-refractivity contribution is 0.476. The van der Waals surface area contributed by atoms with Gasteiger partial charge in [0.2, 0.25) is 0 Å². The fourth-order valence-corrected chi connectivity index (χ4v) is 2.32. The molecule has 0 atom stereocenters. The van der Waals surface area contributed by atoms with Crippen LogP contribution >= 0.6 is 11.6 Å². The molecule has 0 saturated carbocycles. The molecule has 20 heavy (non-hydrogen) atoms. The lowest BCUT2D eigenvalue weighted by Crippen LogP contribution is -2.02. The minimum atomic E-state index is 0.228. The fourth-order valence-electron chi connectivity index (χ4n) is 2.12. The lowest BCUT2D eigenvalue weighted by Gasteiger charge is -2.10. The van der Waals surface area contributed by atoms with Gasteiger partial charge < -0.3 is 10.4 Å². The third kappa shape index (κ3) is 2.53. The van der Waals surface area contributed by atoms with Gasteiger partial charge in [-0.3, -0.25) is 0 Å². The van der Waals surface area contributed by atoms with Crippen molar-refractivity contribution < 1.29 is 5.11 Å². The van der Waals surface area contributed by atoms with Crippen molar-refractivity contribution in [2.75, 3.05) is 5.32 Å². The quantitative estimate of drug-likeness (QED) is 0.757. The number of nitrogens with one attached hydrogen (secondary N) is 1. The molecule has 1 aromatic heterocycles. The zero-order valence-electron chi connectivity index (χ0n) is 10.7. The van der Waals surface area contributed by atoms with Crippen molar-refractivity contribution in [2.45, 2.75) is 6.54 Å². The number of phenolic OH excluding ortho intramolecular Hbond substituents is 1. The predicted octanol–water partition coefficient (Wildman–Crippen LogP) is 4.21. The molecule has 0 aliphatic heterocycles. The van der Waals surface area contributed by atoms with Crippen LogP contribution in [0.5, 0.6) is 5.75 Å². The van der Waals surface area contributed by atoms with E-state index in [-0.39, 0.29) is 5.75 Å². The van der Waals surface area contributed by atoms with Gasteiger partial charge in [-0.15, -0.1) is 0 Å². The molecule has 1 heterocycles. The number of anilines is 1. The van der Waals surface area contributed by atoms with Crippen LogP contribution in [0.15, 0.2) is 54.7 Å². The molecule has 2 N–H and O–H groups in total. The number of fused-ring (bicyclic) bond motifs is 1. The topological polar surface area (TPSA) is 45.2 Å². The Morgan fingerprint density at radius 2 is 1.95 bits per heavy atom. The van der Waals surface area contributed by atoms with Gasteiger partial charge in [0.1, 0.15) is 11.6 Å². The van der Waals surface area contributed by atoms with E-state index in [2.05, 4.69) is 10.3 Å². The maximum absolute atomic E-state index is 9.61. The van der Waals surface area contributed by atoms with E-state index in [1.165, 1.54) is 0 Å². The standard InChI is InChI=1S/C16H13ClN2O/c17-15-4-2-1-3-12(15)10-19-16-14-9-13(20)6-5-11(14)7-8-18-16/h1-9,20H,10H2,(H,18,19). The minimum absolute atomic E-state index is 0.228. The summed E-state index contributed by atoms with van der Waals surface area (Å²) in [6.07, 6.45) is 1.74. The second-order valence-electron chi connectivity index (χ2n) is 4.51. The summed E-state index contributed by atoms with van der Waals surface area (Å²) in [4.78, 5) is 4.33. The highest BCUT2D eigenvalue weighted by atomic mass is 35.5. The molecular formula is C16H13ClN2O. The molecule has 3 rings (SSSR count). The Balaban J connectivity index is 1.91. The Labute approximate surface area is 121 Å². The molecule has 0 bridgehead atoms. The third-order valence-corrected chi connectivity index (χ3v) is 3.52. The highest BCUT2D eigenvalue weighted by molar-refractivity contribution is 6.31. The number of aromatic nitrogens is 1. The number of halogens is 1. The Morgan fingerprint density at radius 3 is 2.80 bits per heavy atom. The monoisotopic (exact) mass is 284 g/mol. The maximum atomic E-state index is 9.61. The van der Waals surface area contributed by atoms with E-state index in [0.717, 1.165) is 27.2 Å². The van der Waals surface area contributed by atoms with Crippen LogP contribution in [-0.2, 0) is 6.54 Å². The van der Waals surface area contributed by atoms with E-state index < -0.39 is 0 Å². The Bertz CT molecular complexity index is 758. The number of pyridine rings is 1. The van der Waals surface area contributed by atoms with Gasteiger partial charge in [-0.25, -0.2) is 4.98 Å². The summed E-state index contributed by atoms with van der Waals surface area (Å²) in [6, 6.07) is 14.8. The number of benzene rings is 2. The van der Waals surface area contributed by atoms with Gasteiger partial charge in [0, 0.05) is 23.2 Å². The molecule has 3 aromatic rings. The average molecular weight is 285 g/mol. The van der Waals surface area contributed by atoms with Crippen molar-refractivity contribution in [1.82, 2.24) is 4.98 Å². The van der Waals surface area contributed by atoms with Crippen molar-refractivity contribution in [2.24, 2.45) is 0 Å². The molecule has 0 aliphatic carbocycles. The largest absolute Gasteiger partial charge is 0.508 e. The number of rotatable bonds is 3. The fraction of sp³-hybridized carbons (Fsp3) is 0.0625. The van der Waals surface area contributed by atoms with E-state index in [1.807, 2.05) is 36.4 Å². The van der Waals surface area contributed by atoms with E-state index in [1.54, 1.807) is 18.3 Å². The van der Waals surface area contributed by atoms with Crippen LogP contribution in [0.1, 0.15) is 5.56 Å². The Morgan fingerprint density at radius 1 is 1.10 bits per heavy atom. The molecule has 2 aromatic carbocycles. The highest BCUT2D eigenvalue weighted by Crippen LogP contribution is 2.26. The molecule has 0 aliphatic rings. The van der Waals surface area contributed by atoms with Crippen LogP contribution < -0.4 is 5.32 Å². The first-order valence-corrected chi connectivity index (χ1v) is 6.67. The van der Waals surface area contributed by atoms with Crippen LogP contribution in [0.4, 0.5) is 5.82 Å². The first-order valence-electron chi connectivity index (χ1n) is 6.29. The Hall–Kier alpha value is -2.26. The van der Waals surface area contributed by atoms with Gasteiger partial charge in [0.15, 0.2) is 0 Å². The molecule has 0 amide bonds. The van der Waals surface area contributed by atoms with E-state index in [0.29, 0.717) is 6.54 Å². The predicted molar refractivity (Wildman–Crippen MR) is 82.2 cm³/mol. The molecule has 0 unspecified atom stereocenters. The molecule has 100 valence electrons. The van der Waals surface area contributed by atoms with Crippen LogP contribution in [0.2, 0.25) is 5.02 Å². The number of phenols is 1. The van der Waals surface area contributed by atoms with Crippen LogP contribution in [0, 0.1) is 0 Å². The van der Waals surface area contributed by atoms with Gasteiger partial charge in [0.25, 0.3) is 0 Å². The van der Waals surface area contributed by atoms with Crippen molar-refractivity contribution in [3.05, 3.63) is 65.3 Å². The zero-order valence-corrected chi connectivity index (χ0v) is 11.4. The van der Waals surface area contributed by atoms with E-state index in [4.69, 9.17) is 11.6 Å². The first-order chi connectivity index (χ1) is 9.74. The second kappa shape index (κ2) is 5.39. The van der Waals surface area contributed by atoms with Crippen molar-refractivity contribution in [3.8, 4) is 5.75 Å². The molecule has 0 fully saturated rings. The van der Waals surface area contributed by atoms with Gasteiger partial charge in [-0.1, -0.05) is 35.9 Å². The summed E-state index contributed by atoms with van der Waals surface area (Å²) in [5, 5.41) is 15.5. The number of hydrogen-bond acceptors (Lipinski definition) is 3. The molecular weight excluding hydrogens is 272 g/mol. The molecule has 0 saturated heterocycles. The third-order valence-electron chi connectivity index (χ3n) is 3.15. The smallest absolute Gasteiger partial charge is 0.134 e. The number of aromatic hydroxyl groups is 1. The molecule has 0 radical (unpaired) electrons. The number of nitrogens with zero attached hydrogens (tertiary/aromatic N) is 1. The van der Waals surface area contributed by atoms with E-state index in [9.17, 15) is 5.11 Å². The number of hydrogen-bond donors (Lipinski definition) is 2. The summed E-state index contributed by atoms with van der Waals surface area (Å²) in [5.41, 5.74) is 1.01. The average Bonchev–Trinajstić information content (AvgIpc) is 2.46. The maximum Gasteiger partial charge on any atom is 0.134 e. The normalized spacial score (nSPS) is 10.7. The van der Waals surface area contributed by atoms with E-state index >= 15 is 0 Å². The highest BCUT2D eigenvalue weighted by Gasteiger charge is 2.04. The first kappa shape index (κ1) is 12.8. The van der Waals surface area contributed by atoms with Gasteiger partial charge in [-0.05, 0) is 35.2 Å². The summed E-state index contributed by atoms with van der Waals surface area (Å²) < 4.78 is 0. The summed E-state index contributed by atoms with van der Waals surface area (Å²) in [6.45, 7) is 0.585. The minimum Gasteiger partial charge on any atom is -0.508 e. The van der Waals surface area contributed by atoms with Gasteiger partial charge in [0.05, 0.1) is 0 Å². The SMILES string of the molecule is Oc1ccc2ccnc(NCc3ccccc3Cl)c2c1. The van der Waals surface area contributed by atoms with Crippen LogP contribution in [-0.4, -0.2) is 10.1 Å². The Kier molecular flexibility index (Phi) is 3.44.